The van der Waals surface area contributed by atoms with E-state index in [1.807, 2.05) is 6.92 Å². The summed E-state index contributed by atoms with van der Waals surface area (Å²) in [5.74, 6) is 0. The lowest BCUT2D eigenvalue weighted by Crippen LogP contribution is -2.22. The Morgan fingerprint density at radius 2 is 2.36 bits per heavy atom. The molecule has 0 spiro atoms. The average molecular weight is 196 g/mol. The van der Waals surface area contributed by atoms with E-state index >= 15 is 0 Å². The smallest absolute Gasteiger partial charge is 0.186 e. The third kappa shape index (κ3) is 3.32. The molecule has 0 aliphatic heterocycles. The van der Waals surface area contributed by atoms with Crippen LogP contribution in [-0.2, 0) is 11.3 Å². The maximum atomic E-state index is 11.4. The molecule has 1 rings (SSSR count). The molecular weight excluding hydrogens is 180 g/mol. The second kappa shape index (κ2) is 5.57. The van der Waals surface area contributed by atoms with Crippen LogP contribution in [0.25, 0.3) is 0 Å². The summed E-state index contributed by atoms with van der Waals surface area (Å²) in [5.41, 5.74) is 1.72. The molecule has 0 atom stereocenters. The van der Waals surface area contributed by atoms with Crippen molar-refractivity contribution in [2.75, 3.05) is 20.3 Å². The minimum atomic E-state index is 0.0752. The molecule has 0 unspecified atom stereocenters. The van der Waals surface area contributed by atoms with Gasteiger partial charge in [-0.05, 0) is 6.92 Å². The van der Waals surface area contributed by atoms with E-state index in [4.69, 9.17) is 4.74 Å². The van der Waals surface area contributed by atoms with Crippen molar-refractivity contribution in [2.45, 2.75) is 13.5 Å². The zero-order chi connectivity index (χ0) is 10.4. The summed E-state index contributed by atoms with van der Waals surface area (Å²) < 4.78 is 4.88. The standard InChI is InChI=1S/C10H16N2O2/c1-8-5-10(13)9(7-12-8)6-11-3-4-14-2/h5,7,11H,3-4,6H2,1-2H3,(H,12,13). The molecule has 78 valence electrons. The number of aryl methyl sites for hydroxylation is 1. The third-order valence-corrected chi connectivity index (χ3v) is 1.94. The Labute approximate surface area is 83.3 Å². The highest BCUT2D eigenvalue weighted by molar-refractivity contribution is 5.13. The van der Waals surface area contributed by atoms with E-state index < -0.39 is 0 Å². The monoisotopic (exact) mass is 196 g/mol. The Balaban J connectivity index is 2.47. The minimum Gasteiger partial charge on any atom is -0.383 e. The molecule has 1 heterocycles. The summed E-state index contributed by atoms with van der Waals surface area (Å²) >= 11 is 0. The molecule has 0 amide bonds. The fraction of sp³-hybridized carbons (Fsp3) is 0.500. The van der Waals surface area contributed by atoms with Gasteiger partial charge in [0.25, 0.3) is 0 Å². The van der Waals surface area contributed by atoms with Crippen molar-refractivity contribution in [3.8, 4) is 0 Å². The van der Waals surface area contributed by atoms with Crippen LogP contribution in [0.4, 0.5) is 0 Å². The van der Waals surface area contributed by atoms with Crippen LogP contribution >= 0.6 is 0 Å². The number of hydrogen-bond acceptors (Lipinski definition) is 3. The third-order valence-electron chi connectivity index (χ3n) is 1.94. The Bertz CT molecular complexity index is 333. The molecule has 0 aliphatic carbocycles. The zero-order valence-corrected chi connectivity index (χ0v) is 8.59. The highest BCUT2D eigenvalue weighted by Gasteiger charge is 1.98. The van der Waals surface area contributed by atoms with Gasteiger partial charge in [0.1, 0.15) is 0 Å². The number of pyridine rings is 1. The van der Waals surface area contributed by atoms with Crippen LogP contribution in [0.15, 0.2) is 17.1 Å². The quantitative estimate of drug-likeness (QED) is 0.671. The van der Waals surface area contributed by atoms with Gasteiger partial charge in [-0.1, -0.05) is 0 Å². The molecule has 0 saturated carbocycles. The largest absolute Gasteiger partial charge is 0.383 e. The average Bonchev–Trinajstić information content (AvgIpc) is 2.15. The van der Waals surface area contributed by atoms with Crippen molar-refractivity contribution in [1.29, 1.82) is 0 Å². The number of aromatic nitrogens is 1. The second-order valence-corrected chi connectivity index (χ2v) is 3.18. The zero-order valence-electron chi connectivity index (χ0n) is 8.59. The first kappa shape index (κ1) is 10.9. The van der Waals surface area contributed by atoms with Crippen LogP contribution in [0.1, 0.15) is 11.3 Å². The number of ether oxygens (including phenoxy) is 1. The molecule has 0 radical (unpaired) electrons. The minimum absolute atomic E-state index is 0.0752. The molecular formula is C10H16N2O2. The van der Waals surface area contributed by atoms with Gasteiger partial charge in [-0.2, -0.15) is 0 Å². The van der Waals surface area contributed by atoms with Crippen LogP contribution in [0.5, 0.6) is 0 Å². The predicted octanol–water partition coefficient (Wildman–Crippen LogP) is 0.419. The summed E-state index contributed by atoms with van der Waals surface area (Å²) in [7, 11) is 1.65. The van der Waals surface area contributed by atoms with Gasteiger partial charge in [-0.25, -0.2) is 0 Å². The number of aromatic amines is 1. The maximum Gasteiger partial charge on any atom is 0.186 e. The Morgan fingerprint density at radius 1 is 1.57 bits per heavy atom. The van der Waals surface area contributed by atoms with Gasteiger partial charge >= 0.3 is 0 Å². The number of H-pyrrole nitrogens is 1. The maximum absolute atomic E-state index is 11.4. The first-order valence-electron chi connectivity index (χ1n) is 4.62. The lowest BCUT2D eigenvalue weighted by atomic mass is 10.2. The van der Waals surface area contributed by atoms with Crippen LogP contribution in [0, 0.1) is 6.92 Å². The Morgan fingerprint density at radius 3 is 3.00 bits per heavy atom. The highest BCUT2D eigenvalue weighted by Crippen LogP contribution is 1.90. The summed E-state index contributed by atoms with van der Waals surface area (Å²) in [4.78, 5) is 14.4. The molecule has 4 nitrogen and oxygen atoms in total. The molecule has 0 bridgehead atoms. The lowest BCUT2D eigenvalue weighted by Gasteiger charge is -2.03. The first-order chi connectivity index (χ1) is 6.74. The number of methoxy groups -OCH3 is 1. The van der Waals surface area contributed by atoms with Crippen molar-refractivity contribution in [3.05, 3.63) is 33.7 Å². The molecule has 0 saturated heterocycles. The molecule has 0 fully saturated rings. The van der Waals surface area contributed by atoms with E-state index in [1.165, 1.54) is 0 Å². The number of rotatable bonds is 5. The molecule has 1 aromatic rings. The van der Waals surface area contributed by atoms with Gasteiger partial charge in [0.05, 0.1) is 6.61 Å². The van der Waals surface area contributed by atoms with E-state index in [-0.39, 0.29) is 5.43 Å². The summed E-state index contributed by atoms with van der Waals surface area (Å²) in [5, 5.41) is 3.12. The summed E-state index contributed by atoms with van der Waals surface area (Å²) in [6, 6.07) is 1.60. The van der Waals surface area contributed by atoms with Gasteiger partial charge in [0.15, 0.2) is 5.43 Å². The van der Waals surface area contributed by atoms with E-state index in [0.29, 0.717) is 13.2 Å². The molecule has 0 aromatic carbocycles. The van der Waals surface area contributed by atoms with Crippen molar-refractivity contribution in [1.82, 2.24) is 10.3 Å². The van der Waals surface area contributed by atoms with E-state index in [9.17, 15) is 4.79 Å². The van der Waals surface area contributed by atoms with Crippen LogP contribution in [0.2, 0.25) is 0 Å². The van der Waals surface area contributed by atoms with E-state index in [0.717, 1.165) is 17.8 Å². The Hall–Kier alpha value is -1.13. The lowest BCUT2D eigenvalue weighted by molar-refractivity contribution is 0.199. The van der Waals surface area contributed by atoms with Gasteiger partial charge in [-0.15, -0.1) is 0 Å². The van der Waals surface area contributed by atoms with Gasteiger partial charge < -0.3 is 15.0 Å². The Kier molecular flexibility index (Phi) is 4.35. The molecule has 4 heteroatoms. The van der Waals surface area contributed by atoms with Gasteiger partial charge in [0, 0.05) is 43.7 Å². The van der Waals surface area contributed by atoms with Crippen molar-refractivity contribution in [2.24, 2.45) is 0 Å². The van der Waals surface area contributed by atoms with Gasteiger partial charge in [-0.3, -0.25) is 4.79 Å². The van der Waals surface area contributed by atoms with E-state index in [1.54, 1.807) is 19.4 Å². The predicted molar refractivity (Wildman–Crippen MR) is 55.4 cm³/mol. The van der Waals surface area contributed by atoms with Crippen molar-refractivity contribution in [3.63, 3.8) is 0 Å². The van der Waals surface area contributed by atoms with Crippen LogP contribution < -0.4 is 10.7 Å². The first-order valence-corrected chi connectivity index (χ1v) is 4.62. The number of nitrogens with one attached hydrogen (secondary N) is 2. The highest BCUT2D eigenvalue weighted by atomic mass is 16.5. The van der Waals surface area contributed by atoms with Crippen LogP contribution in [-0.4, -0.2) is 25.2 Å². The van der Waals surface area contributed by atoms with Crippen LogP contribution in [0.3, 0.4) is 0 Å². The molecule has 2 N–H and O–H groups in total. The molecule has 14 heavy (non-hydrogen) atoms. The molecule has 0 aliphatic rings. The summed E-state index contributed by atoms with van der Waals surface area (Å²) in [6.45, 7) is 3.86. The number of hydrogen-bond donors (Lipinski definition) is 2. The van der Waals surface area contributed by atoms with Crippen molar-refractivity contribution >= 4 is 0 Å². The van der Waals surface area contributed by atoms with E-state index in [2.05, 4.69) is 10.3 Å². The second-order valence-electron chi connectivity index (χ2n) is 3.18. The summed E-state index contributed by atoms with van der Waals surface area (Å²) in [6.07, 6.45) is 1.75. The normalized spacial score (nSPS) is 10.4. The fourth-order valence-electron chi connectivity index (χ4n) is 1.14. The fourth-order valence-corrected chi connectivity index (χ4v) is 1.14. The van der Waals surface area contributed by atoms with Crippen molar-refractivity contribution < 1.29 is 4.74 Å². The SMILES string of the molecule is COCCNCc1c[nH]c(C)cc1=O. The topological polar surface area (TPSA) is 54.1 Å². The molecule has 1 aromatic heterocycles. The van der Waals surface area contributed by atoms with Gasteiger partial charge in [0.2, 0.25) is 0 Å².